The first-order valence-corrected chi connectivity index (χ1v) is 9.20. The maximum Gasteiger partial charge on any atom is 0.212 e. The third kappa shape index (κ3) is 4.14. The SMILES string of the molecule is COc1cc2c(CC#N)cnc(C(=O)c3cccc(OC(C)C)c3)c2cc1OC. The molecule has 0 fully saturated rings. The van der Waals surface area contributed by atoms with Gasteiger partial charge in [-0.05, 0) is 49.1 Å². The predicted molar refractivity (Wildman–Crippen MR) is 110 cm³/mol. The molecular weight excluding hydrogens is 368 g/mol. The fourth-order valence-corrected chi connectivity index (χ4v) is 3.15. The van der Waals surface area contributed by atoms with E-state index in [0.29, 0.717) is 28.2 Å². The number of nitriles is 1. The zero-order valence-electron chi connectivity index (χ0n) is 16.9. The molecule has 0 aliphatic rings. The summed E-state index contributed by atoms with van der Waals surface area (Å²) in [6, 6.07) is 12.7. The standard InChI is InChI=1S/C23H22N2O4/c1-14(2)29-17-7-5-6-15(10-17)23(26)22-19-12-21(28-4)20(27-3)11-18(19)16(8-9-24)13-25-22/h5-7,10-14H,8H2,1-4H3. The third-order valence-corrected chi connectivity index (χ3v) is 4.43. The van der Waals surface area contributed by atoms with E-state index in [4.69, 9.17) is 19.5 Å². The number of rotatable bonds is 7. The number of pyridine rings is 1. The van der Waals surface area contributed by atoms with Crippen LogP contribution in [0.15, 0.2) is 42.6 Å². The number of ketones is 1. The number of benzene rings is 2. The van der Waals surface area contributed by atoms with Crippen LogP contribution in [0.25, 0.3) is 10.8 Å². The van der Waals surface area contributed by atoms with Crippen LogP contribution in [0.2, 0.25) is 0 Å². The molecule has 0 saturated carbocycles. The maximum atomic E-state index is 13.3. The minimum Gasteiger partial charge on any atom is -0.493 e. The average molecular weight is 390 g/mol. The van der Waals surface area contributed by atoms with Crippen LogP contribution in [-0.4, -0.2) is 31.1 Å². The highest BCUT2D eigenvalue weighted by Crippen LogP contribution is 2.35. The Morgan fingerprint density at radius 1 is 1.10 bits per heavy atom. The second kappa shape index (κ2) is 8.61. The lowest BCUT2D eigenvalue weighted by molar-refractivity contribution is 0.103. The number of fused-ring (bicyclic) bond motifs is 1. The van der Waals surface area contributed by atoms with Crippen molar-refractivity contribution in [3.05, 3.63) is 59.4 Å². The van der Waals surface area contributed by atoms with Crippen molar-refractivity contribution in [3.63, 3.8) is 0 Å². The zero-order valence-corrected chi connectivity index (χ0v) is 16.9. The number of hydrogen-bond donors (Lipinski definition) is 0. The van der Waals surface area contributed by atoms with E-state index in [0.717, 1.165) is 10.9 Å². The van der Waals surface area contributed by atoms with Gasteiger partial charge < -0.3 is 14.2 Å². The second-order valence-corrected chi connectivity index (χ2v) is 6.74. The van der Waals surface area contributed by atoms with Crippen LogP contribution in [0, 0.1) is 11.3 Å². The van der Waals surface area contributed by atoms with E-state index in [1.165, 1.54) is 7.11 Å². The van der Waals surface area contributed by atoms with E-state index in [9.17, 15) is 4.79 Å². The van der Waals surface area contributed by atoms with Crippen molar-refractivity contribution in [2.75, 3.05) is 14.2 Å². The third-order valence-electron chi connectivity index (χ3n) is 4.43. The first kappa shape index (κ1) is 20.2. The van der Waals surface area contributed by atoms with Crippen LogP contribution in [0.5, 0.6) is 17.2 Å². The molecule has 0 amide bonds. The van der Waals surface area contributed by atoms with Crippen LogP contribution in [0.4, 0.5) is 0 Å². The molecule has 0 bridgehead atoms. The van der Waals surface area contributed by atoms with Gasteiger partial charge in [0.25, 0.3) is 0 Å². The number of hydrogen-bond acceptors (Lipinski definition) is 6. The molecule has 0 aliphatic heterocycles. The molecule has 1 heterocycles. The Kier molecular flexibility index (Phi) is 5.99. The van der Waals surface area contributed by atoms with E-state index in [2.05, 4.69) is 11.1 Å². The average Bonchev–Trinajstić information content (AvgIpc) is 2.72. The van der Waals surface area contributed by atoms with Crippen molar-refractivity contribution >= 4 is 16.6 Å². The molecule has 2 aromatic carbocycles. The molecule has 6 nitrogen and oxygen atoms in total. The Morgan fingerprint density at radius 2 is 1.79 bits per heavy atom. The monoisotopic (exact) mass is 390 g/mol. The Hall–Kier alpha value is -3.59. The molecule has 29 heavy (non-hydrogen) atoms. The van der Waals surface area contributed by atoms with Crippen LogP contribution >= 0.6 is 0 Å². The van der Waals surface area contributed by atoms with Crippen molar-refractivity contribution in [2.24, 2.45) is 0 Å². The fraction of sp³-hybridized carbons (Fsp3) is 0.261. The van der Waals surface area contributed by atoms with Crippen LogP contribution in [-0.2, 0) is 6.42 Å². The summed E-state index contributed by atoms with van der Waals surface area (Å²) in [7, 11) is 3.07. The smallest absolute Gasteiger partial charge is 0.212 e. The number of aromatic nitrogens is 1. The van der Waals surface area contributed by atoms with Gasteiger partial charge in [0.1, 0.15) is 11.4 Å². The second-order valence-electron chi connectivity index (χ2n) is 6.74. The largest absolute Gasteiger partial charge is 0.493 e. The number of carbonyl (C=O) groups excluding carboxylic acids is 1. The van der Waals surface area contributed by atoms with E-state index in [1.807, 2.05) is 19.9 Å². The molecule has 148 valence electrons. The maximum absolute atomic E-state index is 13.3. The lowest BCUT2D eigenvalue weighted by atomic mass is 9.98. The minimum atomic E-state index is -0.236. The fourth-order valence-electron chi connectivity index (χ4n) is 3.15. The van der Waals surface area contributed by atoms with E-state index >= 15 is 0 Å². The van der Waals surface area contributed by atoms with Gasteiger partial charge in [-0.1, -0.05) is 12.1 Å². The highest BCUT2D eigenvalue weighted by atomic mass is 16.5. The molecule has 0 unspecified atom stereocenters. The molecule has 3 rings (SSSR count). The minimum absolute atomic E-state index is 0.00120. The summed E-state index contributed by atoms with van der Waals surface area (Å²) in [5.41, 5.74) is 1.47. The summed E-state index contributed by atoms with van der Waals surface area (Å²) in [5, 5.41) is 10.5. The lowest BCUT2D eigenvalue weighted by Crippen LogP contribution is -2.09. The van der Waals surface area contributed by atoms with Gasteiger partial charge in [-0.25, -0.2) is 0 Å². The number of methoxy groups -OCH3 is 2. The Labute approximate surface area is 169 Å². The van der Waals surface area contributed by atoms with Crippen molar-refractivity contribution in [3.8, 4) is 23.3 Å². The van der Waals surface area contributed by atoms with Gasteiger partial charge in [-0.3, -0.25) is 9.78 Å². The van der Waals surface area contributed by atoms with Crippen molar-refractivity contribution in [1.29, 1.82) is 5.26 Å². The summed E-state index contributed by atoms with van der Waals surface area (Å²) in [4.78, 5) is 17.7. The number of nitrogens with zero attached hydrogens (tertiary/aromatic N) is 2. The predicted octanol–water partition coefficient (Wildman–Crippen LogP) is 4.34. The van der Waals surface area contributed by atoms with Crippen LogP contribution in [0.3, 0.4) is 0 Å². The molecule has 0 aliphatic carbocycles. The summed E-state index contributed by atoms with van der Waals surface area (Å²) in [6.07, 6.45) is 1.74. The van der Waals surface area contributed by atoms with Crippen molar-refractivity contribution in [2.45, 2.75) is 26.4 Å². The van der Waals surface area contributed by atoms with E-state index in [-0.39, 0.29) is 24.0 Å². The molecule has 6 heteroatoms. The Balaban J connectivity index is 2.18. The normalized spacial score (nSPS) is 10.6. The van der Waals surface area contributed by atoms with Crippen LogP contribution in [0.1, 0.15) is 35.5 Å². The van der Waals surface area contributed by atoms with Gasteiger partial charge in [-0.15, -0.1) is 0 Å². The summed E-state index contributed by atoms with van der Waals surface area (Å²) < 4.78 is 16.5. The Morgan fingerprint density at radius 3 is 2.41 bits per heavy atom. The highest BCUT2D eigenvalue weighted by Gasteiger charge is 2.19. The molecule has 0 radical (unpaired) electrons. The van der Waals surface area contributed by atoms with Crippen LogP contribution < -0.4 is 14.2 Å². The van der Waals surface area contributed by atoms with Gasteiger partial charge in [0, 0.05) is 17.1 Å². The van der Waals surface area contributed by atoms with Crippen molar-refractivity contribution in [1.82, 2.24) is 4.98 Å². The Bertz CT molecular complexity index is 1100. The van der Waals surface area contributed by atoms with Gasteiger partial charge in [0.2, 0.25) is 5.78 Å². The molecule has 1 aromatic heterocycles. The topological polar surface area (TPSA) is 81.4 Å². The highest BCUT2D eigenvalue weighted by molar-refractivity contribution is 6.15. The van der Waals surface area contributed by atoms with E-state index in [1.54, 1.807) is 43.6 Å². The number of carbonyl (C=O) groups is 1. The van der Waals surface area contributed by atoms with Gasteiger partial charge >= 0.3 is 0 Å². The van der Waals surface area contributed by atoms with E-state index < -0.39 is 0 Å². The first-order valence-electron chi connectivity index (χ1n) is 9.20. The quantitative estimate of drug-likeness (QED) is 0.558. The summed E-state index contributed by atoms with van der Waals surface area (Å²) in [6.45, 7) is 3.86. The molecule has 3 aromatic rings. The number of ether oxygens (including phenoxy) is 3. The first-order chi connectivity index (χ1) is 14.0. The summed E-state index contributed by atoms with van der Waals surface area (Å²) >= 11 is 0. The van der Waals surface area contributed by atoms with Crippen molar-refractivity contribution < 1.29 is 19.0 Å². The van der Waals surface area contributed by atoms with Gasteiger partial charge in [0.15, 0.2) is 11.5 Å². The molecule has 0 atom stereocenters. The molecule has 0 spiro atoms. The molecule has 0 N–H and O–H groups in total. The molecular formula is C23H22N2O4. The molecule has 0 saturated heterocycles. The van der Waals surface area contributed by atoms with Gasteiger partial charge in [0.05, 0.1) is 32.8 Å². The lowest BCUT2D eigenvalue weighted by Gasteiger charge is -2.14. The van der Waals surface area contributed by atoms with Gasteiger partial charge in [-0.2, -0.15) is 5.26 Å². The summed E-state index contributed by atoms with van der Waals surface area (Å²) in [5.74, 6) is 1.40. The zero-order chi connectivity index (χ0) is 21.0.